The van der Waals surface area contributed by atoms with Gasteiger partial charge in [-0.15, -0.1) is 11.3 Å². The number of thiazole rings is 1. The SMILES string of the molecule is N#C/C(=C/Nc1ccccc1)c1nc(-c2ccc(Cl)c(Cl)c2)cs1. The summed E-state index contributed by atoms with van der Waals surface area (Å²) in [6, 6.07) is 17.2. The zero-order valence-corrected chi connectivity index (χ0v) is 14.7. The van der Waals surface area contributed by atoms with Gasteiger partial charge < -0.3 is 5.32 Å². The zero-order valence-electron chi connectivity index (χ0n) is 12.3. The Hall–Kier alpha value is -2.32. The number of hydrogen-bond donors (Lipinski definition) is 1. The summed E-state index contributed by atoms with van der Waals surface area (Å²) in [4.78, 5) is 4.52. The Morgan fingerprint density at radius 3 is 2.62 bits per heavy atom. The van der Waals surface area contributed by atoms with E-state index in [4.69, 9.17) is 23.2 Å². The van der Waals surface area contributed by atoms with Gasteiger partial charge in [-0.2, -0.15) is 5.26 Å². The lowest BCUT2D eigenvalue weighted by Crippen LogP contribution is -1.90. The predicted octanol–water partition coefficient (Wildman–Crippen LogP) is 6.09. The van der Waals surface area contributed by atoms with Gasteiger partial charge in [0.2, 0.25) is 0 Å². The fourth-order valence-corrected chi connectivity index (χ4v) is 3.11. The van der Waals surface area contributed by atoms with Gasteiger partial charge in [0.15, 0.2) is 0 Å². The molecule has 118 valence electrons. The molecule has 0 atom stereocenters. The summed E-state index contributed by atoms with van der Waals surface area (Å²) in [6.07, 6.45) is 1.66. The van der Waals surface area contributed by atoms with Crippen molar-refractivity contribution in [2.75, 3.05) is 5.32 Å². The second-order valence-corrected chi connectivity index (χ2v) is 6.52. The van der Waals surface area contributed by atoms with Crippen molar-refractivity contribution >= 4 is 45.8 Å². The van der Waals surface area contributed by atoms with E-state index in [9.17, 15) is 5.26 Å². The van der Waals surface area contributed by atoms with E-state index < -0.39 is 0 Å². The lowest BCUT2D eigenvalue weighted by atomic mass is 10.2. The van der Waals surface area contributed by atoms with Crippen LogP contribution in [-0.2, 0) is 0 Å². The number of halogens is 2. The largest absolute Gasteiger partial charge is 0.360 e. The topological polar surface area (TPSA) is 48.7 Å². The van der Waals surface area contributed by atoms with Crippen LogP contribution in [-0.4, -0.2) is 4.98 Å². The normalized spacial score (nSPS) is 11.1. The van der Waals surface area contributed by atoms with Crippen LogP contribution in [0.2, 0.25) is 10.0 Å². The number of benzene rings is 2. The molecule has 3 rings (SSSR count). The zero-order chi connectivity index (χ0) is 16.9. The fraction of sp³-hybridized carbons (Fsp3) is 0. The molecule has 1 heterocycles. The number of rotatable bonds is 4. The van der Waals surface area contributed by atoms with E-state index >= 15 is 0 Å². The van der Waals surface area contributed by atoms with Crippen molar-refractivity contribution in [2.45, 2.75) is 0 Å². The third-order valence-corrected chi connectivity index (χ3v) is 4.84. The van der Waals surface area contributed by atoms with Gasteiger partial charge in [-0.25, -0.2) is 4.98 Å². The van der Waals surface area contributed by atoms with Crippen LogP contribution in [0.3, 0.4) is 0 Å². The lowest BCUT2D eigenvalue weighted by Gasteiger charge is -2.01. The molecule has 0 saturated carbocycles. The molecule has 1 aromatic heterocycles. The Kier molecular flexibility index (Phi) is 5.17. The maximum atomic E-state index is 9.39. The number of anilines is 1. The molecular formula is C18H11Cl2N3S. The molecule has 0 fully saturated rings. The quantitative estimate of drug-likeness (QED) is 0.564. The van der Waals surface area contributed by atoms with Crippen LogP contribution < -0.4 is 5.32 Å². The van der Waals surface area contributed by atoms with E-state index in [1.807, 2.05) is 41.8 Å². The smallest absolute Gasteiger partial charge is 0.136 e. The molecule has 0 bridgehead atoms. The number of nitrogens with one attached hydrogen (secondary N) is 1. The van der Waals surface area contributed by atoms with Gasteiger partial charge >= 0.3 is 0 Å². The summed E-state index contributed by atoms with van der Waals surface area (Å²) in [7, 11) is 0. The summed E-state index contributed by atoms with van der Waals surface area (Å²) in [5, 5.41) is 16.0. The summed E-state index contributed by atoms with van der Waals surface area (Å²) >= 11 is 13.4. The first-order valence-electron chi connectivity index (χ1n) is 7.00. The van der Waals surface area contributed by atoms with Gasteiger partial charge in [0.25, 0.3) is 0 Å². The molecule has 0 aliphatic heterocycles. The molecule has 0 spiro atoms. The molecule has 6 heteroatoms. The Morgan fingerprint density at radius 2 is 1.92 bits per heavy atom. The molecule has 0 aliphatic carbocycles. The van der Waals surface area contributed by atoms with Crippen molar-refractivity contribution in [2.24, 2.45) is 0 Å². The Labute approximate surface area is 153 Å². The molecule has 2 aromatic carbocycles. The van der Waals surface area contributed by atoms with Crippen LogP contribution in [0.1, 0.15) is 5.01 Å². The average Bonchev–Trinajstić information content (AvgIpc) is 3.09. The highest BCUT2D eigenvalue weighted by Crippen LogP contribution is 2.30. The number of nitriles is 1. The van der Waals surface area contributed by atoms with E-state index in [-0.39, 0.29) is 0 Å². The van der Waals surface area contributed by atoms with Crippen molar-refractivity contribution in [3.05, 3.63) is 75.2 Å². The highest BCUT2D eigenvalue weighted by Gasteiger charge is 2.10. The molecule has 0 aliphatic rings. The number of aromatic nitrogens is 1. The minimum absolute atomic E-state index is 0.468. The van der Waals surface area contributed by atoms with Crippen LogP contribution in [0.25, 0.3) is 16.8 Å². The van der Waals surface area contributed by atoms with E-state index in [0.717, 1.165) is 16.9 Å². The molecule has 3 nitrogen and oxygen atoms in total. The minimum Gasteiger partial charge on any atom is -0.360 e. The van der Waals surface area contributed by atoms with Crippen LogP contribution >= 0.6 is 34.5 Å². The van der Waals surface area contributed by atoms with Gasteiger partial charge in [-0.1, -0.05) is 47.5 Å². The van der Waals surface area contributed by atoms with Crippen LogP contribution in [0.5, 0.6) is 0 Å². The van der Waals surface area contributed by atoms with Crippen LogP contribution in [0.15, 0.2) is 60.1 Å². The average molecular weight is 372 g/mol. The summed E-state index contributed by atoms with van der Waals surface area (Å²) < 4.78 is 0. The summed E-state index contributed by atoms with van der Waals surface area (Å²) in [5.74, 6) is 0. The number of hydrogen-bond acceptors (Lipinski definition) is 4. The standard InChI is InChI=1S/C18H11Cl2N3S/c19-15-7-6-12(8-16(15)20)17-11-24-18(23-17)13(9-21)10-22-14-4-2-1-3-5-14/h1-8,10-11,22H/b13-10-. The Morgan fingerprint density at radius 1 is 1.12 bits per heavy atom. The first-order valence-corrected chi connectivity index (χ1v) is 8.64. The second kappa shape index (κ2) is 7.50. The van der Waals surface area contributed by atoms with Gasteiger partial charge in [0, 0.05) is 22.8 Å². The molecule has 1 N–H and O–H groups in total. The van der Waals surface area contributed by atoms with Crippen molar-refractivity contribution < 1.29 is 0 Å². The molecule has 3 aromatic rings. The maximum absolute atomic E-state index is 9.39. The third-order valence-electron chi connectivity index (χ3n) is 3.23. The van der Waals surface area contributed by atoms with Crippen molar-refractivity contribution in [1.82, 2.24) is 4.98 Å². The molecular weight excluding hydrogens is 361 g/mol. The van der Waals surface area contributed by atoms with Gasteiger partial charge in [-0.3, -0.25) is 0 Å². The highest BCUT2D eigenvalue weighted by molar-refractivity contribution is 7.11. The first kappa shape index (κ1) is 16.5. The predicted molar refractivity (Wildman–Crippen MR) is 101 cm³/mol. The van der Waals surface area contributed by atoms with Crippen molar-refractivity contribution in [3.8, 4) is 17.3 Å². The highest BCUT2D eigenvalue weighted by atomic mass is 35.5. The number of para-hydroxylation sites is 1. The monoisotopic (exact) mass is 371 g/mol. The fourth-order valence-electron chi connectivity index (χ4n) is 2.02. The van der Waals surface area contributed by atoms with Crippen molar-refractivity contribution in [3.63, 3.8) is 0 Å². The van der Waals surface area contributed by atoms with Gasteiger partial charge in [0.1, 0.15) is 16.6 Å². The lowest BCUT2D eigenvalue weighted by molar-refractivity contribution is 1.36. The minimum atomic E-state index is 0.468. The molecule has 0 amide bonds. The summed E-state index contributed by atoms with van der Waals surface area (Å²) in [5.41, 5.74) is 3.00. The first-order chi connectivity index (χ1) is 11.7. The maximum Gasteiger partial charge on any atom is 0.136 e. The molecule has 0 radical (unpaired) electrons. The number of nitrogens with zero attached hydrogens (tertiary/aromatic N) is 2. The second-order valence-electron chi connectivity index (χ2n) is 4.85. The van der Waals surface area contributed by atoms with Gasteiger partial charge in [0.05, 0.1) is 15.7 Å². The van der Waals surface area contributed by atoms with E-state index in [1.54, 1.807) is 18.3 Å². The van der Waals surface area contributed by atoms with E-state index in [1.165, 1.54) is 11.3 Å². The molecule has 24 heavy (non-hydrogen) atoms. The molecule has 0 saturated heterocycles. The Bertz CT molecular complexity index is 927. The van der Waals surface area contributed by atoms with Crippen LogP contribution in [0, 0.1) is 11.3 Å². The Balaban J connectivity index is 1.85. The van der Waals surface area contributed by atoms with E-state index in [2.05, 4.69) is 16.4 Å². The van der Waals surface area contributed by atoms with E-state index in [0.29, 0.717) is 20.6 Å². The molecule has 0 unspecified atom stereocenters. The van der Waals surface area contributed by atoms with Gasteiger partial charge in [-0.05, 0) is 24.3 Å². The van der Waals surface area contributed by atoms with Crippen LogP contribution in [0.4, 0.5) is 5.69 Å². The third kappa shape index (κ3) is 3.77. The summed E-state index contributed by atoms with van der Waals surface area (Å²) in [6.45, 7) is 0. The van der Waals surface area contributed by atoms with Crippen molar-refractivity contribution in [1.29, 1.82) is 5.26 Å². The number of allylic oxidation sites excluding steroid dienone is 1.